The molecule has 0 radical (unpaired) electrons. The Morgan fingerprint density at radius 3 is 2.54 bits per heavy atom. The van der Waals surface area contributed by atoms with Crippen LogP contribution in [-0.2, 0) is 11.3 Å². The van der Waals surface area contributed by atoms with E-state index in [0.29, 0.717) is 6.61 Å². The fraction of sp³-hybridized carbons (Fsp3) is 0.478. The standard InChI is InChI=1S/C23H29N3O2/c1-18-20(12-13-22(24-18)25-14-7-8-15-25)21-11-5-6-16-26(21)23(27)28-17-19-9-3-2-4-10-19/h2-4,9-10,12-13,21H,5-8,11,14-17H2,1H3/t21-/m1/s1. The van der Waals surface area contributed by atoms with Crippen molar-refractivity contribution in [3.05, 3.63) is 59.3 Å². The molecule has 148 valence electrons. The highest BCUT2D eigenvalue weighted by molar-refractivity contribution is 5.68. The number of benzene rings is 1. The van der Waals surface area contributed by atoms with Crippen molar-refractivity contribution < 1.29 is 9.53 Å². The van der Waals surface area contributed by atoms with Gasteiger partial charge in [0.2, 0.25) is 0 Å². The normalized spacial score (nSPS) is 19.7. The summed E-state index contributed by atoms with van der Waals surface area (Å²) in [6.45, 7) is 5.30. The predicted molar refractivity (Wildman–Crippen MR) is 110 cm³/mol. The molecule has 5 nitrogen and oxygen atoms in total. The molecule has 0 aliphatic carbocycles. The number of rotatable bonds is 4. The zero-order valence-corrected chi connectivity index (χ0v) is 16.6. The van der Waals surface area contributed by atoms with Crippen LogP contribution in [0.4, 0.5) is 10.6 Å². The van der Waals surface area contributed by atoms with Crippen molar-refractivity contribution in [2.45, 2.75) is 51.7 Å². The predicted octanol–water partition coefficient (Wildman–Crippen LogP) is 4.85. The number of amides is 1. The molecule has 2 aliphatic rings. The second-order valence-electron chi connectivity index (χ2n) is 7.78. The largest absolute Gasteiger partial charge is 0.445 e. The lowest BCUT2D eigenvalue weighted by molar-refractivity contribution is 0.0677. The van der Waals surface area contributed by atoms with E-state index in [1.54, 1.807) is 0 Å². The van der Waals surface area contributed by atoms with E-state index in [2.05, 4.69) is 24.0 Å². The average Bonchev–Trinajstić information content (AvgIpc) is 3.28. The Morgan fingerprint density at radius 1 is 1.04 bits per heavy atom. The third kappa shape index (κ3) is 4.13. The first-order chi connectivity index (χ1) is 13.7. The molecule has 2 fully saturated rings. The topological polar surface area (TPSA) is 45.7 Å². The van der Waals surface area contributed by atoms with Crippen LogP contribution in [0.25, 0.3) is 0 Å². The fourth-order valence-electron chi connectivity index (χ4n) is 4.31. The third-order valence-corrected chi connectivity index (χ3v) is 5.84. The minimum atomic E-state index is -0.225. The first kappa shape index (κ1) is 18.8. The van der Waals surface area contributed by atoms with Gasteiger partial charge in [0, 0.05) is 25.3 Å². The van der Waals surface area contributed by atoms with Crippen molar-refractivity contribution in [1.82, 2.24) is 9.88 Å². The molecular formula is C23H29N3O2. The quantitative estimate of drug-likeness (QED) is 0.761. The van der Waals surface area contributed by atoms with Crippen LogP contribution in [0, 0.1) is 6.92 Å². The molecule has 1 amide bonds. The highest BCUT2D eigenvalue weighted by Crippen LogP contribution is 2.34. The van der Waals surface area contributed by atoms with Crippen molar-refractivity contribution >= 4 is 11.9 Å². The summed E-state index contributed by atoms with van der Waals surface area (Å²) in [4.78, 5) is 21.9. The van der Waals surface area contributed by atoms with Crippen molar-refractivity contribution in [2.75, 3.05) is 24.5 Å². The highest BCUT2D eigenvalue weighted by Gasteiger charge is 2.30. The van der Waals surface area contributed by atoms with Crippen LogP contribution in [-0.4, -0.2) is 35.6 Å². The lowest BCUT2D eigenvalue weighted by Crippen LogP contribution is -2.39. The van der Waals surface area contributed by atoms with Crippen LogP contribution >= 0.6 is 0 Å². The maximum atomic E-state index is 12.8. The number of hydrogen-bond donors (Lipinski definition) is 0. The number of ether oxygens (including phenoxy) is 1. The van der Waals surface area contributed by atoms with E-state index < -0.39 is 0 Å². The highest BCUT2D eigenvalue weighted by atomic mass is 16.6. The molecule has 2 aromatic rings. The number of carbonyl (C=O) groups excluding carboxylic acids is 1. The number of aryl methyl sites for hydroxylation is 1. The summed E-state index contributed by atoms with van der Waals surface area (Å²) in [7, 11) is 0. The molecule has 1 aromatic carbocycles. The Morgan fingerprint density at radius 2 is 1.79 bits per heavy atom. The summed E-state index contributed by atoms with van der Waals surface area (Å²) in [5.74, 6) is 1.06. The third-order valence-electron chi connectivity index (χ3n) is 5.84. The number of piperidine rings is 1. The van der Waals surface area contributed by atoms with Crippen LogP contribution < -0.4 is 4.90 Å². The molecule has 4 rings (SSSR count). The number of pyridine rings is 1. The molecular weight excluding hydrogens is 350 g/mol. The van der Waals surface area contributed by atoms with Crippen molar-refractivity contribution in [2.24, 2.45) is 0 Å². The van der Waals surface area contributed by atoms with Gasteiger partial charge in [-0.2, -0.15) is 0 Å². The molecule has 28 heavy (non-hydrogen) atoms. The number of anilines is 1. The second-order valence-corrected chi connectivity index (χ2v) is 7.78. The van der Waals surface area contributed by atoms with E-state index in [4.69, 9.17) is 9.72 Å². The van der Waals surface area contributed by atoms with Gasteiger partial charge >= 0.3 is 6.09 Å². The van der Waals surface area contributed by atoms with Gasteiger partial charge < -0.3 is 14.5 Å². The average molecular weight is 380 g/mol. The monoisotopic (exact) mass is 379 g/mol. The lowest BCUT2D eigenvalue weighted by atomic mass is 9.94. The molecule has 0 unspecified atom stereocenters. The Hall–Kier alpha value is -2.56. The van der Waals surface area contributed by atoms with Crippen LogP contribution in [0.15, 0.2) is 42.5 Å². The summed E-state index contributed by atoms with van der Waals surface area (Å²) in [6, 6.07) is 14.2. The van der Waals surface area contributed by atoms with Gasteiger partial charge in [-0.1, -0.05) is 36.4 Å². The van der Waals surface area contributed by atoms with E-state index in [9.17, 15) is 4.79 Å². The molecule has 5 heteroatoms. The molecule has 1 aromatic heterocycles. The zero-order valence-electron chi connectivity index (χ0n) is 16.6. The van der Waals surface area contributed by atoms with Crippen molar-refractivity contribution in [1.29, 1.82) is 0 Å². The molecule has 1 atom stereocenters. The Kier molecular flexibility index (Phi) is 5.79. The van der Waals surface area contributed by atoms with Crippen LogP contribution in [0.5, 0.6) is 0 Å². The maximum Gasteiger partial charge on any atom is 0.410 e. The van der Waals surface area contributed by atoms with Gasteiger partial charge in [0.25, 0.3) is 0 Å². The molecule has 3 heterocycles. The number of hydrogen-bond acceptors (Lipinski definition) is 4. The van der Waals surface area contributed by atoms with Crippen LogP contribution in [0.1, 0.15) is 55.0 Å². The SMILES string of the molecule is Cc1nc(N2CCCC2)ccc1[C@H]1CCCCN1C(=O)OCc1ccccc1. The Labute approximate surface area is 167 Å². The molecule has 0 spiro atoms. The van der Waals surface area contributed by atoms with Crippen molar-refractivity contribution in [3.8, 4) is 0 Å². The molecule has 0 N–H and O–H groups in total. The van der Waals surface area contributed by atoms with Crippen LogP contribution in [0.2, 0.25) is 0 Å². The number of aromatic nitrogens is 1. The summed E-state index contributed by atoms with van der Waals surface area (Å²) in [5, 5.41) is 0. The minimum Gasteiger partial charge on any atom is -0.445 e. The van der Waals surface area contributed by atoms with E-state index >= 15 is 0 Å². The first-order valence-electron chi connectivity index (χ1n) is 10.4. The van der Waals surface area contributed by atoms with E-state index in [1.165, 1.54) is 12.8 Å². The van der Waals surface area contributed by atoms with E-state index in [1.807, 2.05) is 35.2 Å². The fourth-order valence-corrected chi connectivity index (χ4v) is 4.31. The Balaban J connectivity index is 1.47. The molecule has 2 aliphatic heterocycles. The number of nitrogens with zero attached hydrogens (tertiary/aromatic N) is 3. The van der Waals surface area contributed by atoms with Gasteiger partial charge in [0.05, 0.1) is 6.04 Å². The van der Waals surface area contributed by atoms with Gasteiger partial charge in [-0.05, 0) is 56.2 Å². The maximum absolute atomic E-state index is 12.8. The Bertz CT molecular complexity index is 803. The molecule has 0 bridgehead atoms. The summed E-state index contributed by atoms with van der Waals surface area (Å²) >= 11 is 0. The second kappa shape index (κ2) is 8.63. The van der Waals surface area contributed by atoms with Gasteiger partial charge in [-0.15, -0.1) is 0 Å². The van der Waals surface area contributed by atoms with Gasteiger partial charge in [-0.25, -0.2) is 9.78 Å². The van der Waals surface area contributed by atoms with Crippen molar-refractivity contribution in [3.63, 3.8) is 0 Å². The first-order valence-corrected chi connectivity index (χ1v) is 10.4. The van der Waals surface area contributed by atoms with Gasteiger partial charge in [-0.3, -0.25) is 0 Å². The summed E-state index contributed by atoms with van der Waals surface area (Å²) in [5.41, 5.74) is 3.19. The van der Waals surface area contributed by atoms with Gasteiger partial charge in [0.15, 0.2) is 0 Å². The summed E-state index contributed by atoms with van der Waals surface area (Å²) < 4.78 is 5.62. The zero-order chi connectivity index (χ0) is 19.3. The number of carbonyl (C=O) groups is 1. The van der Waals surface area contributed by atoms with E-state index in [0.717, 1.165) is 61.5 Å². The van der Waals surface area contributed by atoms with Gasteiger partial charge in [0.1, 0.15) is 12.4 Å². The lowest BCUT2D eigenvalue weighted by Gasteiger charge is -2.36. The number of likely N-dealkylation sites (tertiary alicyclic amines) is 1. The molecule has 2 saturated heterocycles. The molecule has 0 saturated carbocycles. The smallest absolute Gasteiger partial charge is 0.410 e. The van der Waals surface area contributed by atoms with Crippen LogP contribution in [0.3, 0.4) is 0 Å². The minimum absolute atomic E-state index is 0.0529. The summed E-state index contributed by atoms with van der Waals surface area (Å²) in [6.07, 6.45) is 5.37. The van der Waals surface area contributed by atoms with E-state index in [-0.39, 0.29) is 12.1 Å².